The summed E-state index contributed by atoms with van der Waals surface area (Å²) >= 11 is 0. The van der Waals surface area contributed by atoms with E-state index in [0.717, 1.165) is 0 Å². The van der Waals surface area contributed by atoms with Gasteiger partial charge in [-0.15, -0.1) is 0 Å². The summed E-state index contributed by atoms with van der Waals surface area (Å²) in [6.07, 6.45) is 6.00. The van der Waals surface area contributed by atoms with Crippen LogP contribution in [-0.2, 0) is 18.6 Å². The van der Waals surface area contributed by atoms with E-state index in [1.807, 2.05) is 42.0 Å². The molecule has 0 fully saturated rings. The molecule has 0 radical (unpaired) electrons. The Morgan fingerprint density at radius 2 is 2.17 bits per heavy atom. The zero-order valence-corrected chi connectivity index (χ0v) is 8.23. The molecule has 1 aromatic heterocycles. The summed E-state index contributed by atoms with van der Waals surface area (Å²) in [7, 11) is 2.82. The van der Waals surface area contributed by atoms with Crippen LogP contribution in [-0.4, -0.2) is 16.6 Å². The smallest absolute Gasteiger partial charge is 0.243 e. The summed E-state index contributed by atoms with van der Waals surface area (Å²) in [5.41, 5.74) is 0. The lowest BCUT2D eigenvalue weighted by Crippen LogP contribution is -2.23. The van der Waals surface area contributed by atoms with Gasteiger partial charge in [-0.25, -0.2) is 9.13 Å². The van der Waals surface area contributed by atoms with Crippen LogP contribution in [0.5, 0.6) is 0 Å². The van der Waals surface area contributed by atoms with Crippen molar-refractivity contribution in [3.05, 3.63) is 18.7 Å². The van der Waals surface area contributed by atoms with E-state index in [4.69, 9.17) is 4.89 Å². The average Bonchev–Trinajstić information content (AvgIpc) is 2.36. The van der Waals surface area contributed by atoms with Gasteiger partial charge in [-0.1, -0.05) is 0 Å². The number of nitrogens with zero attached hydrogens (tertiary/aromatic N) is 2. The van der Waals surface area contributed by atoms with Crippen LogP contribution in [0.3, 0.4) is 0 Å². The maximum absolute atomic E-state index is 9.29. The summed E-state index contributed by atoms with van der Waals surface area (Å²) < 4.78 is 7.81. The molecule has 0 aliphatic rings. The topological polar surface area (TPSA) is 61.3 Å². The minimum absolute atomic E-state index is 1.17. The van der Waals surface area contributed by atoms with Gasteiger partial charge in [-0.2, -0.15) is 0 Å². The zero-order valence-electron chi connectivity index (χ0n) is 7.34. The Kier molecular flexibility index (Phi) is 5.84. The first-order chi connectivity index (χ1) is 5.56. The highest BCUT2D eigenvalue weighted by atomic mass is 31.2. The quantitative estimate of drug-likeness (QED) is 0.461. The third kappa shape index (κ3) is 6.24. The third-order valence-corrected chi connectivity index (χ3v) is 1.37. The Bertz CT molecular complexity index is 198. The van der Waals surface area contributed by atoms with Gasteiger partial charge in [0.25, 0.3) is 0 Å². The van der Waals surface area contributed by atoms with Crippen molar-refractivity contribution < 1.29 is 18.9 Å². The predicted octanol–water partition coefficient (Wildman–Crippen LogP) is -0.938. The van der Waals surface area contributed by atoms with Crippen LogP contribution in [0.1, 0.15) is 0 Å². The Morgan fingerprint density at radius 3 is 2.25 bits per heavy atom. The predicted molar refractivity (Wildman–Crippen MR) is 42.7 cm³/mol. The van der Waals surface area contributed by atoms with Crippen molar-refractivity contribution >= 4 is 8.60 Å². The van der Waals surface area contributed by atoms with Gasteiger partial charge in [0.15, 0.2) is 0 Å². The second kappa shape index (κ2) is 6.08. The lowest BCUT2D eigenvalue weighted by atomic mass is 10.9. The van der Waals surface area contributed by atoms with E-state index in [1.54, 1.807) is 0 Å². The van der Waals surface area contributed by atoms with E-state index in [0.29, 0.717) is 0 Å². The largest absolute Gasteiger partial charge is 0.786 e. The fourth-order valence-electron chi connectivity index (χ4n) is 0.575. The van der Waals surface area contributed by atoms with Gasteiger partial charge in [0.1, 0.15) is 12.4 Å². The molecule has 0 aliphatic carbocycles. The van der Waals surface area contributed by atoms with Gasteiger partial charge < -0.3 is 14.3 Å². The van der Waals surface area contributed by atoms with Crippen molar-refractivity contribution in [2.45, 2.75) is 0 Å². The first-order valence-electron chi connectivity index (χ1n) is 3.23. The van der Waals surface area contributed by atoms with Crippen molar-refractivity contribution in [1.29, 1.82) is 0 Å². The first-order valence-corrected chi connectivity index (χ1v) is 4.36. The standard InChI is InChI=1S/C5H9N2.CH4O3P/c1-6-3-4-7(2)5-6;1-4-5(2)3/h3-5H,1-2H3;2H,1H3/q+1;-1. The van der Waals surface area contributed by atoms with Gasteiger partial charge in [0.05, 0.1) is 22.7 Å². The molecule has 0 aromatic carbocycles. The molecule has 5 nitrogen and oxygen atoms in total. The van der Waals surface area contributed by atoms with Gasteiger partial charge in [-0.3, -0.25) is 0 Å². The molecular formula is C6H13N2O3P. The van der Waals surface area contributed by atoms with Crippen molar-refractivity contribution in [2.75, 3.05) is 7.11 Å². The minimum Gasteiger partial charge on any atom is -0.786 e. The molecule has 0 saturated carbocycles. The molecule has 0 amide bonds. The zero-order chi connectivity index (χ0) is 9.56. The van der Waals surface area contributed by atoms with Crippen molar-refractivity contribution in [3.63, 3.8) is 0 Å². The Morgan fingerprint density at radius 1 is 1.67 bits per heavy atom. The monoisotopic (exact) mass is 192 g/mol. The van der Waals surface area contributed by atoms with Crippen LogP contribution in [0.2, 0.25) is 0 Å². The average molecular weight is 192 g/mol. The molecule has 1 aromatic rings. The summed E-state index contributed by atoms with van der Waals surface area (Å²) in [5, 5.41) is 0. The number of imidazole rings is 1. The van der Waals surface area contributed by atoms with Crippen LogP contribution in [0, 0.1) is 0 Å². The van der Waals surface area contributed by atoms with Gasteiger partial charge >= 0.3 is 0 Å². The second-order valence-electron chi connectivity index (χ2n) is 2.16. The highest BCUT2D eigenvalue weighted by Crippen LogP contribution is 2.14. The van der Waals surface area contributed by atoms with Crippen LogP contribution in [0.25, 0.3) is 0 Å². The number of rotatable bonds is 1. The molecule has 0 bridgehead atoms. The normalized spacial score (nSPS) is 11.8. The third-order valence-electron chi connectivity index (χ3n) is 1.06. The molecule has 0 saturated heterocycles. The molecule has 12 heavy (non-hydrogen) atoms. The minimum atomic E-state index is -2.35. The van der Waals surface area contributed by atoms with E-state index in [-0.39, 0.29) is 0 Å². The molecule has 1 heterocycles. The molecule has 1 N–H and O–H groups in total. The summed E-state index contributed by atoms with van der Waals surface area (Å²) in [6, 6.07) is 0. The highest BCUT2D eigenvalue weighted by Gasteiger charge is 1.87. The maximum atomic E-state index is 9.29. The Balaban J connectivity index is 0.000000217. The number of aryl methyl sites for hydroxylation is 2. The Hall–Kier alpha value is -0.480. The van der Waals surface area contributed by atoms with E-state index >= 15 is 0 Å². The molecule has 1 rings (SSSR count). The summed E-state index contributed by atoms with van der Waals surface area (Å²) in [4.78, 5) is 16.9. The maximum Gasteiger partial charge on any atom is 0.243 e. The number of hydrogen-bond donors (Lipinski definition) is 1. The fraction of sp³-hybridized carbons (Fsp3) is 0.500. The summed E-state index contributed by atoms with van der Waals surface area (Å²) in [6.45, 7) is 0. The lowest BCUT2D eigenvalue weighted by Gasteiger charge is -2.08. The van der Waals surface area contributed by atoms with Crippen LogP contribution in [0.15, 0.2) is 18.7 Å². The van der Waals surface area contributed by atoms with Gasteiger partial charge in [-0.05, 0) is 0 Å². The van der Waals surface area contributed by atoms with Crippen molar-refractivity contribution in [3.8, 4) is 0 Å². The lowest BCUT2D eigenvalue weighted by molar-refractivity contribution is -0.670. The van der Waals surface area contributed by atoms with E-state index < -0.39 is 8.60 Å². The van der Waals surface area contributed by atoms with Crippen LogP contribution in [0.4, 0.5) is 0 Å². The molecule has 1 unspecified atom stereocenters. The molecule has 6 heteroatoms. The van der Waals surface area contributed by atoms with Crippen molar-refractivity contribution in [1.82, 2.24) is 4.57 Å². The highest BCUT2D eigenvalue weighted by molar-refractivity contribution is 7.37. The second-order valence-corrected chi connectivity index (χ2v) is 3.01. The van der Waals surface area contributed by atoms with Crippen molar-refractivity contribution in [2.24, 2.45) is 14.1 Å². The SMILES string of the molecule is COP([O-])O.Cn1cc[n+](C)c1. The van der Waals surface area contributed by atoms with E-state index in [9.17, 15) is 4.89 Å². The van der Waals surface area contributed by atoms with Crippen LogP contribution >= 0.6 is 8.60 Å². The molecule has 0 spiro atoms. The molecule has 0 aliphatic heterocycles. The van der Waals surface area contributed by atoms with Crippen LogP contribution < -0.4 is 9.46 Å². The van der Waals surface area contributed by atoms with Gasteiger partial charge in [0.2, 0.25) is 6.33 Å². The summed E-state index contributed by atoms with van der Waals surface area (Å²) in [5.74, 6) is 0. The molecule has 70 valence electrons. The molecule has 1 atom stereocenters. The fourth-order valence-corrected chi connectivity index (χ4v) is 0.575. The van der Waals surface area contributed by atoms with E-state index in [1.165, 1.54) is 7.11 Å². The molecular weight excluding hydrogens is 179 g/mol. The number of hydrogen-bond acceptors (Lipinski definition) is 3. The Labute approximate surface area is 72.8 Å². The van der Waals surface area contributed by atoms with Gasteiger partial charge in [0, 0.05) is 7.11 Å². The van der Waals surface area contributed by atoms with E-state index in [2.05, 4.69) is 4.52 Å². The first kappa shape index (κ1) is 11.5. The number of aromatic nitrogens is 2.